The van der Waals surface area contributed by atoms with Crippen molar-refractivity contribution in [3.63, 3.8) is 0 Å². The van der Waals surface area contributed by atoms with Gasteiger partial charge in [-0.05, 0) is 45.4 Å². The first-order valence-corrected chi connectivity index (χ1v) is 10.5. The van der Waals surface area contributed by atoms with Gasteiger partial charge in [0.2, 0.25) is 0 Å². The summed E-state index contributed by atoms with van der Waals surface area (Å²) in [6, 6.07) is 22.0. The standard InChI is InChI=1S/C20H29NP.BrH/c1-6-21(20(2,3)4)22(5,19-15-11-8-12-16-19)17-18-13-9-7-10-14-18;/h7-16H,6,17H2,1-5H3;1H/q+1;/p-1. The van der Waals surface area contributed by atoms with Gasteiger partial charge in [0.15, 0.2) is 0 Å². The summed E-state index contributed by atoms with van der Waals surface area (Å²) >= 11 is 0. The van der Waals surface area contributed by atoms with Crippen LogP contribution in [0.3, 0.4) is 0 Å². The Kier molecular flexibility index (Phi) is 7.45. The van der Waals surface area contributed by atoms with E-state index in [4.69, 9.17) is 0 Å². The first kappa shape index (κ1) is 20.4. The highest BCUT2D eigenvalue weighted by molar-refractivity contribution is 7.79. The average molecular weight is 394 g/mol. The second-order valence-corrected chi connectivity index (χ2v) is 10.6. The summed E-state index contributed by atoms with van der Waals surface area (Å²) in [4.78, 5) is 0. The monoisotopic (exact) mass is 393 g/mol. The van der Waals surface area contributed by atoms with E-state index < -0.39 is 7.41 Å². The lowest BCUT2D eigenvalue weighted by Crippen LogP contribution is -3.00. The van der Waals surface area contributed by atoms with E-state index in [1.807, 2.05) is 0 Å². The van der Waals surface area contributed by atoms with E-state index in [2.05, 4.69) is 99.7 Å². The molecule has 0 fully saturated rings. The van der Waals surface area contributed by atoms with Crippen molar-refractivity contribution >= 4 is 12.7 Å². The van der Waals surface area contributed by atoms with E-state index in [1.54, 1.807) is 0 Å². The van der Waals surface area contributed by atoms with Crippen LogP contribution in [0.15, 0.2) is 60.7 Å². The first-order chi connectivity index (χ1) is 10.4. The van der Waals surface area contributed by atoms with Crippen LogP contribution in [-0.2, 0) is 6.16 Å². The quantitative estimate of drug-likeness (QED) is 0.703. The molecule has 0 bridgehead atoms. The maximum Gasteiger partial charge on any atom is 0.117 e. The Bertz CT molecular complexity index is 580. The van der Waals surface area contributed by atoms with Gasteiger partial charge < -0.3 is 17.0 Å². The Hall–Kier alpha value is -0.690. The second-order valence-electron chi connectivity index (χ2n) is 7.01. The molecule has 2 rings (SSSR count). The molecule has 0 N–H and O–H groups in total. The summed E-state index contributed by atoms with van der Waals surface area (Å²) in [7, 11) is -1.44. The first-order valence-electron chi connectivity index (χ1n) is 8.11. The summed E-state index contributed by atoms with van der Waals surface area (Å²) in [6.07, 6.45) is 1.13. The Morgan fingerprint density at radius 3 is 1.78 bits per heavy atom. The molecule has 0 amide bonds. The van der Waals surface area contributed by atoms with Crippen molar-refractivity contribution in [2.45, 2.75) is 39.4 Å². The van der Waals surface area contributed by atoms with Crippen LogP contribution < -0.4 is 22.3 Å². The van der Waals surface area contributed by atoms with E-state index in [-0.39, 0.29) is 22.5 Å². The van der Waals surface area contributed by atoms with Crippen LogP contribution in [0, 0.1) is 0 Å². The molecule has 0 aliphatic carbocycles. The molecule has 0 heterocycles. The Balaban J connectivity index is 0.00000264. The molecule has 0 saturated heterocycles. The minimum absolute atomic E-state index is 0. The maximum absolute atomic E-state index is 2.72. The molecule has 0 radical (unpaired) electrons. The molecule has 1 atom stereocenters. The van der Waals surface area contributed by atoms with Crippen molar-refractivity contribution in [3.05, 3.63) is 66.2 Å². The maximum atomic E-state index is 2.72. The molecule has 0 saturated carbocycles. The third kappa shape index (κ3) is 4.89. The zero-order chi connectivity index (χ0) is 16.2. The van der Waals surface area contributed by atoms with E-state index in [1.165, 1.54) is 10.9 Å². The predicted octanol–water partition coefficient (Wildman–Crippen LogP) is 2.20. The summed E-state index contributed by atoms with van der Waals surface area (Å²) in [5.74, 6) is 0. The van der Waals surface area contributed by atoms with Crippen LogP contribution in [0.2, 0.25) is 0 Å². The third-order valence-corrected chi connectivity index (χ3v) is 8.59. The number of hydrogen-bond acceptors (Lipinski definition) is 1. The molecule has 0 aliphatic rings. The molecule has 1 unspecified atom stereocenters. The molecule has 2 aromatic rings. The van der Waals surface area contributed by atoms with Crippen LogP contribution in [0.5, 0.6) is 0 Å². The highest BCUT2D eigenvalue weighted by Crippen LogP contribution is 2.62. The van der Waals surface area contributed by atoms with Crippen molar-refractivity contribution in [2.75, 3.05) is 13.2 Å². The molecule has 3 heteroatoms. The van der Waals surface area contributed by atoms with Crippen LogP contribution >= 0.6 is 7.41 Å². The van der Waals surface area contributed by atoms with Crippen molar-refractivity contribution in [1.29, 1.82) is 0 Å². The summed E-state index contributed by atoms with van der Waals surface area (Å²) in [5, 5.41) is 1.50. The van der Waals surface area contributed by atoms with Gasteiger partial charge in [0.1, 0.15) is 18.9 Å². The van der Waals surface area contributed by atoms with Gasteiger partial charge in [-0.15, -0.1) is 0 Å². The summed E-state index contributed by atoms with van der Waals surface area (Å²) in [5.41, 5.74) is 1.60. The number of benzene rings is 2. The normalized spacial score (nSPS) is 14.2. The van der Waals surface area contributed by atoms with E-state index >= 15 is 0 Å². The third-order valence-electron chi connectivity index (χ3n) is 4.25. The lowest BCUT2D eigenvalue weighted by atomic mass is 10.1. The van der Waals surface area contributed by atoms with Gasteiger partial charge in [0, 0.05) is 12.1 Å². The Morgan fingerprint density at radius 1 is 0.870 bits per heavy atom. The van der Waals surface area contributed by atoms with Crippen molar-refractivity contribution in [3.8, 4) is 0 Å². The molecule has 0 spiro atoms. The molecule has 0 aliphatic heterocycles. The number of hydrogen-bond donors (Lipinski definition) is 0. The van der Waals surface area contributed by atoms with Crippen molar-refractivity contribution in [2.24, 2.45) is 0 Å². The second kappa shape index (κ2) is 8.42. The lowest BCUT2D eigenvalue weighted by Gasteiger charge is -2.42. The van der Waals surface area contributed by atoms with Gasteiger partial charge in [0.05, 0.1) is 6.66 Å². The van der Waals surface area contributed by atoms with Crippen LogP contribution in [0.25, 0.3) is 0 Å². The zero-order valence-electron chi connectivity index (χ0n) is 15.0. The summed E-state index contributed by atoms with van der Waals surface area (Å²) in [6.45, 7) is 12.9. The number of nitrogens with zero attached hydrogens (tertiary/aromatic N) is 1. The fourth-order valence-corrected chi connectivity index (χ4v) is 7.77. The molecule has 1 nitrogen and oxygen atoms in total. The molecule has 126 valence electrons. The molecular weight excluding hydrogens is 365 g/mol. The Labute approximate surface area is 153 Å². The Morgan fingerprint density at radius 2 is 1.35 bits per heavy atom. The van der Waals surface area contributed by atoms with Crippen molar-refractivity contribution < 1.29 is 17.0 Å². The fraction of sp³-hybridized carbons (Fsp3) is 0.400. The van der Waals surface area contributed by atoms with Gasteiger partial charge in [-0.25, -0.2) is 0 Å². The predicted molar refractivity (Wildman–Crippen MR) is 101 cm³/mol. The van der Waals surface area contributed by atoms with Gasteiger partial charge in [-0.2, -0.15) is 4.67 Å². The molecule has 23 heavy (non-hydrogen) atoms. The van der Waals surface area contributed by atoms with Crippen LogP contribution in [0.4, 0.5) is 0 Å². The van der Waals surface area contributed by atoms with Crippen molar-refractivity contribution in [1.82, 2.24) is 4.67 Å². The highest BCUT2D eigenvalue weighted by atomic mass is 79.9. The zero-order valence-corrected chi connectivity index (χ0v) is 17.4. The fourth-order valence-electron chi connectivity index (χ4n) is 3.45. The SMILES string of the molecule is CCN(C(C)(C)C)[P+](C)(Cc1ccccc1)c1ccccc1.[Br-]. The van der Waals surface area contributed by atoms with Gasteiger partial charge in [-0.3, -0.25) is 0 Å². The summed E-state index contributed by atoms with van der Waals surface area (Å²) < 4.78 is 2.72. The number of halogens is 1. The van der Waals surface area contributed by atoms with Gasteiger partial charge in [0.25, 0.3) is 0 Å². The minimum atomic E-state index is -1.44. The minimum Gasteiger partial charge on any atom is -1.00 e. The van der Waals surface area contributed by atoms with Crippen LogP contribution in [-0.4, -0.2) is 23.4 Å². The van der Waals surface area contributed by atoms with E-state index in [0.29, 0.717) is 0 Å². The highest BCUT2D eigenvalue weighted by Gasteiger charge is 2.46. The number of rotatable bonds is 5. The van der Waals surface area contributed by atoms with Gasteiger partial charge >= 0.3 is 0 Å². The van der Waals surface area contributed by atoms with Gasteiger partial charge in [-0.1, -0.05) is 48.5 Å². The molecule has 0 aromatic heterocycles. The smallest absolute Gasteiger partial charge is 0.117 e. The molecule has 2 aromatic carbocycles. The van der Waals surface area contributed by atoms with E-state index in [9.17, 15) is 0 Å². The largest absolute Gasteiger partial charge is 1.00 e. The van der Waals surface area contributed by atoms with E-state index in [0.717, 1.165) is 12.7 Å². The average Bonchev–Trinajstić information content (AvgIpc) is 2.48. The lowest BCUT2D eigenvalue weighted by molar-refractivity contribution is -0.00000603. The van der Waals surface area contributed by atoms with Crippen LogP contribution in [0.1, 0.15) is 33.3 Å². The topological polar surface area (TPSA) is 3.24 Å². The molecular formula is C20H29BrNP.